The Morgan fingerprint density at radius 2 is 2.02 bits per heavy atom. The van der Waals surface area contributed by atoms with Gasteiger partial charge < -0.3 is 30.0 Å². The Morgan fingerprint density at radius 1 is 1.19 bits per heavy atom. The number of aromatic nitrogens is 1. The van der Waals surface area contributed by atoms with Gasteiger partial charge in [0.05, 0.1) is 6.61 Å². The number of nitrogens with zero attached hydrogens (tertiary/aromatic N) is 1. The monoisotopic (exact) mass is 671 g/mol. The fourth-order valence-corrected chi connectivity index (χ4v) is 8.69. The standard InChI is InChI=1S/C39H46ClN3O5/c1-24(22-46-33-10-15-42-32-9-4-6-25(2)36(32)33)16-27-17-26-18-34-35(48-30(21-41-3)23-47-34)20-31(26)38(27)11-13-39(14-12-38,37(44)45)43-29-8-5-7-28(40)19-29/h5,7-8,10,15-16,18-20,24-25,30,41,43H,4,6,9,11-14,17,21-23H2,1-3H3,(H,44,45)/b27-16+/t24-,25-,30-,38?,39?/m1/s1. The predicted octanol–water partition coefficient (Wildman–Crippen LogP) is 7.48. The summed E-state index contributed by atoms with van der Waals surface area (Å²) in [6.07, 6.45) is 10.6. The van der Waals surface area contributed by atoms with Crippen molar-refractivity contribution in [2.24, 2.45) is 5.92 Å². The number of fused-ring (bicyclic) bond motifs is 4. The third-order valence-electron chi connectivity index (χ3n) is 11.0. The van der Waals surface area contributed by atoms with E-state index in [0.29, 0.717) is 56.4 Å². The highest BCUT2D eigenvalue weighted by atomic mass is 35.5. The van der Waals surface area contributed by atoms with Crippen molar-refractivity contribution in [3.05, 3.63) is 87.7 Å². The van der Waals surface area contributed by atoms with Crippen molar-refractivity contribution in [3.63, 3.8) is 0 Å². The number of benzene rings is 2. The van der Waals surface area contributed by atoms with Gasteiger partial charge in [-0.3, -0.25) is 4.98 Å². The quantitative estimate of drug-likeness (QED) is 0.201. The average molecular weight is 672 g/mol. The number of likely N-dealkylation sites (N-methyl/N-ethyl adjacent to an activating group) is 1. The molecule has 1 saturated carbocycles. The molecule has 0 amide bonds. The Hall–Kier alpha value is -3.75. The van der Waals surface area contributed by atoms with Crippen molar-refractivity contribution in [3.8, 4) is 17.2 Å². The number of carbonyl (C=O) groups is 1. The minimum atomic E-state index is -1.10. The van der Waals surface area contributed by atoms with E-state index < -0.39 is 11.5 Å². The SMILES string of the molecule is CNC[C@@H]1COc2cc3c(cc2O1)C1(CCC(Nc2cccc(Cl)c2)(C(=O)O)CC1)/C(=C/[C@@H](C)COc1ccnc2c1[C@H](C)CCC2)C3. The van der Waals surface area contributed by atoms with Gasteiger partial charge in [0.1, 0.15) is 24.0 Å². The number of halogens is 1. The molecule has 8 nitrogen and oxygen atoms in total. The Kier molecular flexibility index (Phi) is 9.07. The fourth-order valence-electron chi connectivity index (χ4n) is 8.50. The molecule has 3 aromatic rings. The van der Waals surface area contributed by atoms with Gasteiger partial charge in [0.25, 0.3) is 0 Å². The molecule has 3 N–H and O–H groups in total. The van der Waals surface area contributed by atoms with Crippen molar-refractivity contribution < 1.29 is 24.1 Å². The van der Waals surface area contributed by atoms with Crippen molar-refractivity contribution in [1.82, 2.24) is 10.3 Å². The van der Waals surface area contributed by atoms with Crippen LogP contribution >= 0.6 is 11.6 Å². The van der Waals surface area contributed by atoms with E-state index >= 15 is 0 Å². The molecule has 1 aromatic heterocycles. The predicted molar refractivity (Wildman–Crippen MR) is 188 cm³/mol. The number of aliphatic carboxylic acids is 1. The number of pyridine rings is 1. The molecule has 7 rings (SSSR count). The van der Waals surface area contributed by atoms with Gasteiger partial charge >= 0.3 is 5.97 Å². The summed E-state index contributed by atoms with van der Waals surface area (Å²) in [5.74, 6) is 2.25. The van der Waals surface area contributed by atoms with E-state index in [1.54, 1.807) is 12.1 Å². The Balaban J connectivity index is 1.19. The van der Waals surface area contributed by atoms with Gasteiger partial charge in [-0.2, -0.15) is 0 Å². The lowest BCUT2D eigenvalue weighted by Gasteiger charge is -2.45. The van der Waals surface area contributed by atoms with Crippen LogP contribution in [0.3, 0.4) is 0 Å². The largest absolute Gasteiger partial charge is 0.493 e. The van der Waals surface area contributed by atoms with E-state index in [2.05, 4.69) is 47.7 Å². The summed E-state index contributed by atoms with van der Waals surface area (Å²) in [5, 5.41) is 17.7. The summed E-state index contributed by atoms with van der Waals surface area (Å²) in [6.45, 7) is 6.24. The molecule has 1 aliphatic heterocycles. The minimum absolute atomic E-state index is 0.0698. The molecule has 4 aliphatic rings. The molecule has 0 radical (unpaired) electrons. The van der Waals surface area contributed by atoms with Crippen molar-refractivity contribution >= 4 is 23.3 Å². The highest BCUT2D eigenvalue weighted by molar-refractivity contribution is 6.30. The first kappa shape index (κ1) is 32.8. The lowest BCUT2D eigenvalue weighted by Crippen LogP contribution is -2.52. The molecule has 0 saturated heterocycles. The molecule has 3 atom stereocenters. The van der Waals surface area contributed by atoms with E-state index in [4.69, 9.17) is 25.8 Å². The van der Waals surface area contributed by atoms with Crippen molar-refractivity contribution in [2.75, 3.05) is 32.1 Å². The Labute approximate surface area is 288 Å². The second-order valence-electron chi connectivity index (χ2n) is 14.3. The Morgan fingerprint density at radius 3 is 2.79 bits per heavy atom. The second kappa shape index (κ2) is 13.3. The number of nitrogens with one attached hydrogen (secondary N) is 2. The number of anilines is 1. The molecule has 2 aromatic carbocycles. The summed E-state index contributed by atoms with van der Waals surface area (Å²) in [6, 6.07) is 13.7. The molecule has 0 unspecified atom stereocenters. The highest BCUT2D eigenvalue weighted by Crippen LogP contribution is 2.56. The van der Waals surface area contributed by atoms with Crippen LogP contribution in [0.4, 0.5) is 5.69 Å². The van der Waals surface area contributed by atoms with E-state index in [0.717, 1.165) is 42.2 Å². The summed E-state index contributed by atoms with van der Waals surface area (Å²) < 4.78 is 19.1. The van der Waals surface area contributed by atoms with Gasteiger partial charge in [-0.1, -0.05) is 43.2 Å². The van der Waals surface area contributed by atoms with Crippen LogP contribution in [0.25, 0.3) is 0 Å². The van der Waals surface area contributed by atoms with Gasteiger partial charge in [-0.15, -0.1) is 0 Å². The highest BCUT2D eigenvalue weighted by Gasteiger charge is 2.52. The molecule has 254 valence electrons. The van der Waals surface area contributed by atoms with Crippen LogP contribution in [0.15, 0.2) is 60.3 Å². The van der Waals surface area contributed by atoms with Crippen LogP contribution < -0.4 is 24.8 Å². The fraction of sp³-hybridized carbons (Fsp3) is 0.487. The number of allylic oxidation sites excluding steroid dienone is 1. The first-order valence-electron chi connectivity index (χ1n) is 17.4. The molecular formula is C39H46ClN3O5. The molecule has 1 spiro atoms. The van der Waals surface area contributed by atoms with Crippen molar-refractivity contribution in [2.45, 2.75) is 88.2 Å². The van der Waals surface area contributed by atoms with Crippen molar-refractivity contribution in [1.29, 1.82) is 0 Å². The van der Waals surface area contributed by atoms with Gasteiger partial charge in [0.15, 0.2) is 11.5 Å². The molecule has 1 fully saturated rings. The average Bonchev–Trinajstić information content (AvgIpc) is 3.34. The lowest BCUT2D eigenvalue weighted by molar-refractivity contribution is -0.143. The zero-order valence-corrected chi connectivity index (χ0v) is 28.9. The number of rotatable bonds is 9. The first-order valence-corrected chi connectivity index (χ1v) is 17.8. The molecule has 9 heteroatoms. The number of carboxylic acids is 1. The van der Waals surface area contributed by atoms with Crippen LogP contribution in [0, 0.1) is 5.92 Å². The molecule has 3 aliphatic carbocycles. The van der Waals surface area contributed by atoms with Crippen LogP contribution in [0.2, 0.25) is 5.02 Å². The van der Waals surface area contributed by atoms with E-state index in [1.807, 2.05) is 31.4 Å². The number of aryl methyl sites for hydroxylation is 1. The zero-order valence-electron chi connectivity index (χ0n) is 28.1. The van der Waals surface area contributed by atoms with E-state index in [9.17, 15) is 9.90 Å². The van der Waals surface area contributed by atoms with E-state index in [-0.39, 0.29) is 17.4 Å². The number of ether oxygens (including phenoxy) is 3. The molecule has 2 heterocycles. The van der Waals surface area contributed by atoms with Crippen LogP contribution in [0.1, 0.15) is 80.7 Å². The minimum Gasteiger partial charge on any atom is -0.493 e. The maximum absolute atomic E-state index is 12.9. The number of carboxylic acid groups (broad SMARTS) is 1. The summed E-state index contributed by atoms with van der Waals surface area (Å²) in [7, 11) is 1.91. The topological polar surface area (TPSA) is 102 Å². The number of hydrogen-bond donors (Lipinski definition) is 3. The smallest absolute Gasteiger partial charge is 0.329 e. The lowest BCUT2D eigenvalue weighted by atomic mass is 9.62. The van der Waals surface area contributed by atoms with Gasteiger partial charge in [0, 0.05) is 46.0 Å². The van der Waals surface area contributed by atoms with E-state index in [1.165, 1.54) is 34.4 Å². The summed E-state index contributed by atoms with van der Waals surface area (Å²) >= 11 is 6.27. The maximum atomic E-state index is 12.9. The molecule has 48 heavy (non-hydrogen) atoms. The number of hydrogen-bond acceptors (Lipinski definition) is 7. The molecular weight excluding hydrogens is 626 g/mol. The van der Waals surface area contributed by atoms with Crippen LogP contribution in [-0.2, 0) is 23.1 Å². The van der Waals surface area contributed by atoms with Gasteiger partial charge in [0.2, 0.25) is 0 Å². The third kappa shape index (κ3) is 6.14. The van der Waals surface area contributed by atoms with Crippen LogP contribution in [-0.4, -0.2) is 54.5 Å². The Bertz CT molecular complexity index is 1720. The third-order valence-corrected chi connectivity index (χ3v) is 11.2. The van der Waals surface area contributed by atoms with Gasteiger partial charge in [-0.05, 0) is 112 Å². The molecule has 0 bridgehead atoms. The zero-order chi connectivity index (χ0) is 33.5. The normalized spacial score (nSPS) is 27.3. The van der Waals surface area contributed by atoms with Gasteiger partial charge in [-0.25, -0.2) is 4.79 Å². The first-order chi connectivity index (χ1) is 23.2. The van der Waals surface area contributed by atoms with Crippen LogP contribution in [0.5, 0.6) is 17.2 Å². The second-order valence-corrected chi connectivity index (χ2v) is 14.7. The summed E-state index contributed by atoms with van der Waals surface area (Å²) in [4.78, 5) is 17.6. The maximum Gasteiger partial charge on any atom is 0.329 e. The summed E-state index contributed by atoms with van der Waals surface area (Å²) in [5.41, 5.74) is 5.54.